The van der Waals surface area contributed by atoms with Crippen LogP contribution in [0.15, 0.2) is 24.4 Å². The van der Waals surface area contributed by atoms with Crippen LogP contribution in [0.5, 0.6) is 0 Å². The first-order chi connectivity index (χ1) is 8.25. The quantitative estimate of drug-likeness (QED) is 0.857. The van der Waals surface area contributed by atoms with Crippen molar-refractivity contribution in [2.45, 2.75) is 13.0 Å². The van der Waals surface area contributed by atoms with E-state index in [1.165, 1.54) is 0 Å². The predicted octanol–water partition coefficient (Wildman–Crippen LogP) is 2.58. The number of pyridine rings is 1. The SMILES string of the molecule is Cc1cc(Cl)c(NC2CNC2)c2cccnc12. The molecule has 2 aromatic rings. The summed E-state index contributed by atoms with van der Waals surface area (Å²) in [4.78, 5) is 4.42. The maximum atomic E-state index is 6.32. The van der Waals surface area contributed by atoms with Gasteiger partial charge < -0.3 is 10.6 Å². The van der Waals surface area contributed by atoms with Gasteiger partial charge in [0.05, 0.1) is 22.3 Å². The number of anilines is 1. The minimum Gasteiger partial charge on any atom is -0.378 e. The van der Waals surface area contributed by atoms with Crippen LogP contribution in [0.2, 0.25) is 5.02 Å². The van der Waals surface area contributed by atoms with Crippen LogP contribution in [-0.2, 0) is 0 Å². The van der Waals surface area contributed by atoms with Crippen molar-refractivity contribution in [3.05, 3.63) is 35.0 Å². The van der Waals surface area contributed by atoms with Gasteiger partial charge >= 0.3 is 0 Å². The highest BCUT2D eigenvalue weighted by Gasteiger charge is 2.19. The molecule has 1 aliphatic rings. The summed E-state index contributed by atoms with van der Waals surface area (Å²) in [7, 11) is 0. The molecule has 0 atom stereocenters. The van der Waals surface area contributed by atoms with Gasteiger partial charge in [0.25, 0.3) is 0 Å². The summed E-state index contributed by atoms with van der Waals surface area (Å²) in [5, 5.41) is 8.60. The summed E-state index contributed by atoms with van der Waals surface area (Å²) in [5.41, 5.74) is 3.14. The Morgan fingerprint density at radius 1 is 1.47 bits per heavy atom. The fourth-order valence-electron chi connectivity index (χ4n) is 2.12. The molecule has 0 unspecified atom stereocenters. The van der Waals surface area contributed by atoms with Gasteiger partial charge in [0.1, 0.15) is 0 Å². The minimum absolute atomic E-state index is 0.471. The molecule has 1 aromatic heterocycles. The van der Waals surface area contributed by atoms with Crippen molar-refractivity contribution < 1.29 is 0 Å². The summed E-state index contributed by atoms with van der Waals surface area (Å²) in [6.45, 7) is 4.02. The van der Waals surface area contributed by atoms with E-state index in [4.69, 9.17) is 11.6 Å². The van der Waals surface area contributed by atoms with Crippen LogP contribution in [0, 0.1) is 6.92 Å². The van der Waals surface area contributed by atoms with Crippen LogP contribution in [-0.4, -0.2) is 24.1 Å². The highest BCUT2D eigenvalue weighted by Crippen LogP contribution is 2.33. The van der Waals surface area contributed by atoms with Gasteiger partial charge in [-0.05, 0) is 30.7 Å². The molecule has 0 amide bonds. The van der Waals surface area contributed by atoms with Crippen molar-refractivity contribution in [2.75, 3.05) is 18.4 Å². The third-order valence-corrected chi connectivity index (χ3v) is 3.46. The molecule has 88 valence electrons. The predicted molar refractivity (Wildman–Crippen MR) is 71.8 cm³/mol. The number of rotatable bonds is 2. The van der Waals surface area contributed by atoms with E-state index in [1.54, 1.807) is 0 Å². The van der Waals surface area contributed by atoms with Gasteiger partial charge in [-0.3, -0.25) is 4.98 Å². The molecule has 1 fully saturated rings. The molecule has 0 bridgehead atoms. The molecular weight excluding hydrogens is 234 g/mol. The van der Waals surface area contributed by atoms with Gasteiger partial charge in [-0.2, -0.15) is 0 Å². The molecule has 3 nitrogen and oxygen atoms in total. The van der Waals surface area contributed by atoms with Crippen LogP contribution in [0.1, 0.15) is 5.56 Å². The van der Waals surface area contributed by atoms with E-state index in [-0.39, 0.29) is 0 Å². The highest BCUT2D eigenvalue weighted by atomic mass is 35.5. The smallest absolute Gasteiger partial charge is 0.0752 e. The molecule has 2 heterocycles. The molecule has 17 heavy (non-hydrogen) atoms. The molecule has 4 heteroatoms. The zero-order valence-corrected chi connectivity index (χ0v) is 10.4. The molecule has 1 aromatic carbocycles. The number of halogens is 1. The standard InChI is InChI=1S/C13H14ClN3/c1-8-5-11(14)13(17-9-6-15-7-9)10-3-2-4-16-12(8)10/h2-5,9,15,17H,6-7H2,1H3. The Morgan fingerprint density at radius 2 is 2.29 bits per heavy atom. The molecule has 2 N–H and O–H groups in total. The molecule has 3 rings (SSSR count). The van der Waals surface area contributed by atoms with Crippen LogP contribution < -0.4 is 10.6 Å². The van der Waals surface area contributed by atoms with Crippen molar-refractivity contribution in [3.63, 3.8) is 0 Å². The second-order valence-electron chi connectivity index (χ2n) is 4.45. The van der Waals surface area contributed by atoms with E-state index in [1.807, 2.05) is 25.3 Å². The van der Waals surface area contributed by atoms with Gasteiger partial charge in [0.2, 0.25) is 0 Å². The lowest BCUT2D eigenvalue weighted by atomic mass is 10.1. The van der Waals surface area contributed by atoms with E-state index in [0.717, 1.165) is 40.3 Å². The second kappa shape index (κ2) is 4.17. The Hall–Kier alpha value is -1.32. The Bertz CT molecular complexity index is 564. The third-order valence-electron chi connectivity index (χ3n) is 3.16. The third kappa shape index (κ3) is 1.85. The van der Waals surface area contributed by atoms with Crippen LogP contribution >= 0.6 is 11.6 Å². The number of fused-ring (bicyclic) bond motifs is 1. The van der Waals surface area contributed by atoms with E-state index in [2.05, 4.69) is 21.7 Å². The lowest BCUT2D eigenvalue weighted by Crippen LogP contribution is -2.51. The summed E-state index contributed by atoms with van der Waals surface area (Å²) < 4.78 is 0. The zero-order valence-electron chi connectivity index (χ0n) is 9.63. The summed E-state index contributed by atoms with van der Waals surface area (Å²) in [5.74, 6) is 0. The van der Waals surface area contributed by atoms with Gasteiger partial charge in [-0.1, -0.05) is 11.6 Å². The Kier molecular flexibility index (Phi) is 2.65. The number of hydrogen-bond donors (Lipinski definition) is 2. The fourth-order valence-corrected chi connectivity index (χ4v) is 2.44. The Morgan fingerprint density at radius 3 is 3.00 bits per heavy atom. The molecule has 0 radical (unpaired) electrons. The number of aryl methyl sites for hydroxylation is 1. The monoisotopic (exact) mass is 247 g/mol. The molecular formula is C13H14ClN3. The highest BCUT2D eigenvalue weighted by molar-refractivity contribution is 6.35. The van der Waals surface area contributed by atoms with Gasteiger partial charge in [-0.15, -0.1) is 0 Å². The first kappa shape index (κ1) is 10.8. The van der Waals surface area contributed by atoms with Crippen LogP contribution in [0.4, 0.5) is 5.69 Å². The first-order valence-corrected chi connectivity index (χ1v) is 6.14. The number of nitrogens with zero attached hydrogens (tertiary/aromatic N) is 1. The van der Waals surface area contributed by atoms with E-state index < -0.39 is 0 Å². The van der Waals surface area contributed by atoms with E-state index in [9.17, 15) is 0 Å². The van der Waals surface area contributed by atoms with Crippen molar-refractivity contribution in [3.8, 4) is 0 Å². The number of hydrogen-bond acceptors (Lipinski definition) is 3. The van der Waals surface area contributed by atoms with Crippen LogP contribution in [0.3, 0.4) is 0 Å². The van der Waals surface area contributed by atoms with Crippen LogP contribution in [0.25, 0.3) is 10.9 Å². The maximum Gasteiger partial charge on any atom is 0.0752 e. The number of nitrogens with one attached hydrogen (secondary N) is 2. The van der Waals surface area contributed by atoms with Gasteiger partial charge in [0.15, 0.2) is 0 Å². The van der Waals surface area contributed by atoms with Gasteiger partial charge in [0, 0.05) is 24.7 Å². The number of aromatic nitrogens is 1. The Labute approximate surface area is 105 Å². The summed E-state index contributed by atoms with van der Waals surface area (Å²) in [6.07, 6.45) is 1.82. The Balaban J connectivity index is 2.14. The van der Waals surface area contributed by atoms with Crippen molar-refractivity contribution in [1.29, 1.82) is 0 Å². The molecule has 0 saturated carbocycles. The molecule has 1 saturated heterocycles. The van der Waals surface area contributed by atoms with Gasteiger partial charge in [-0.25, -0.2) is 0 Å². The minimum atomic E-state index is 0.471. The van der Waals surface area contributed by atoms with Crippen molar-refractivity contribution in [1.82, 2.24) is 10.3 Å². The summed E-state index contributed by atoms with van der Waals surface area (Å²) >= 11 is 6.32. The maximum absolute atomic E-state index is 6.32. The average Bonchev–Trinajstić information content (AvgIpc) is 2.26. The molecule has 1 aliphatic heterocycles. The van der Waals surface area contributed by atoms with E-state index in [0.29, 0.717) is 6.04 Å². The largest absolute Gasteiger partial charge is 0.378 e. The normalized spacial score (nSPS) is 15.9. The first-order valence-electron chi connectivity index (χ1n) is 5.77. The average molecular weight is 248 g/mol. The zero-order chi connectivity index (χ0) is 11.8. The summed E-state index contributed by atoms with van der Waals surface area (Å²) in [6, 6.07) is 6.46. The van der Waals surface area contributed by atoms with Crippen molar-refractivity contribution in [2.24, 2.45) is 0 Å². The second-order valence-corrected chi connectivity index (χ2v) is 4.86. The molecule has 0 spiro atoms. The topological polar surface area (TPSA) is 37.0 Å². The lowest BCUT2D eigenvalue weighted by molar-refractivity contribution is 0.472. The lowest BCUT2D eigenvalue weighted by Gasteiger charge is -2.30. The van der Waals surface area contributed by atoms with E-state index >= 15 is 0 Å². The van der Waals surface area contributed by atoms with Crippen molar-refractivity contribution >= 4 is 28.2 Å². The fraction of sp³-hybridized carbons (Fsp3) is 0.308. The molecule has 0 aliphatic carbocycles. The number of benzene rings is 1.